The van der Waals surface area contributed by atoms with E-state index in [0.29, 0.717) is 6.61 Å². The van der Waals surface area contributed by atoms with Gasteiger partial charge in [-0.2, -0.15) is 5.26 Å². The van der Waals surface area contributed by atoms with Crippen LogP contribution in [0.15, 0.2) is 12.1 Å². The zero-order chi connectivity index (χ0) is 12.1. The van der Waals surface area contributed by atoms with Crippen molar-refractivity contribution in [3.05, 3.63) is 28.3 Å². The summed E-state index contributed by atoms with van der Waals surface area (Å²) in [5, 5.41) is 8.92. The van der Waals surface area contributed by atoms with Crippen molar-refractivity contribution >= 4 is 23.3 Å². The summed E-state index contributed by atoms with van der Waals surface area (Å²) < 4.78 is 4.93. The van der Waals surface area contributed by atoms with E-state index in [0.717, 1.165) is 6.42 Å². The zero-order valence-electron chi connectivity index (χ0n) is 8.79. The van der Waals surface area contributed by atoms with E-state index in [9.17, 15) is 4.79 Å². The number of benzene rings is 1. The third kappa shape index (κ3) is 2.65. The van der Waals surface area contributed by atoms with E-state index in [-0.39, 0.29) is 21.8 Å². The molecule has 2 N–H and O–H groups in total. The smallest absolute Gasteiger partial charge is 0.340 e. The molecule has 1 aromatic rings. The first-order valence-corrected chi connectivity index (χ1v) is 5.14. The molecule has 0 atom stereocenters. The maximum Gasteiger partial charge on any atom is 0.340 e. The Morgan fingerprint density at radius 3 is 2.88 bits per heavy atom. The number of rotatable bonds is 3. The minimum absolute atomic E-state index is 0.137. The van der Waals surface area contributed by atoms with Gasteiger partial charge in [-0.05, 0) is 18.6 Å². The fourth-order valence-electron chi connectivity index (χ4n) is 1.12. The number of halogens is 1. The molecule has 1 rings (SSSR count). The number of nitrogens with two attached hydrogens (primary N) is 1. The molecule has 5 heteroatoms. The highest BCUT2D eigenvalue weighted by atomic mass is 35.5. The fourth-order valence-corrected chi connectivity index (χ4v) is 1.34. The van der Waals surface area contributed by atoms with Crippen LogP contribution in [0.3, 0.4) is 0 Å². The number of nitriles is 1. The molecule has 0 bridgehead atoms. The van der Waals surface area contributed by atoms with Gasteiger partial charge in [-0.15, -0.1) is 0 Å². The summed E-state index contributed by atoms with van der Waals surface area (Å²) >= 11 is 5.79. The number of hydrogen-bond donors (Lipinski definition) is 1. The first-order valence-electron chi connectivity index (χ1n) is 4.76. The second-order valence-corrected chi connectivity index (χ2v) is 3.57. The van der Waals surface area contributed by atoms with Crippen molar-refractivity contribution < 1.29 is 9.53 Å². The number of hydrogen-bond acceptors (Lipinski definition) is 4. The fraction of sp³-hybridized carbons (Fsp3) is 0.273. The van der Waals surface area contributed by atoms with Crippen LogP contribution in [0.4, 0.5) is 5.69 Å². The molecule has 0 saturated carbocycles. The molecule has 1 aromatic carbocycles. The third-order valence-electron chi connectivity index (χ3n) is 1.92. The molecule has 4 nitrogen and oxygen atoms in total. The van der Waals surface area contributed by atoms with Gasteiger partial charge in [-0.3, -0.25) is 0 Å². The van der Waals surface area contributed by atoms with E-state index in [1.807, 2.05) is 13.0 Å². The van der Waals surface area contributed by atoms with Crippen molar-refractivity contribution in [3.63, 3.8) is 0 Å². The van der Waals surface area contributed by atoms with Crippen LogP contribution >= 0.6 is 11.6 Å². The molecule has 0 aliphatic rings. The molecular formula is C11H11ClN2O2. The molecule has 0 aromatic heterocycles. The predicted octanol–water partition coefficient (Wildman–Crippen LogP) is 2.36. The van der Waals surface area contributed by atoms with Crippen molar-refractivity contribution in [1.29, 1.82) is 5.26 Å². The summed E-state index contributed by atoms with van der Waals surface area (Å²) in [6.45, 7) is 2.20. The predicted molar refractivity (Wildman–Crippen MR) is 61.2 cm³/mol. The Bertz CT molecular complexity index is 452. The van der Waals surface area contributed by atoms with E-state index >= 15 is 0 Å². The summed E-state index contributed by atoms with van der Waals surface area (Å²) in [4.78, 5) is 11.6. The molecule has 16 heavy (non-hydrogen) atoms. The lowest BCUT2D eigenvalue weighted by atomic mass is 10.1. The highest BCUT2D eigenvalue weighted by Crippen LogP contribution is 2.25. The normalized spacial score (nSPS) is 9.56. The average Bonchev–Trinajstić information content (AvgIpc) is 2.29. The Morgan fingerprint density at radius 1 is 1.62 bits per heavy atom. The number of carbonyl (C=O) groups is 1. The highest BCUT2D eigenvalue weighted by Gasteiger charge is 2.15. The van der Waals surface area contributed by atoms with Crippen LogP contribution in [0.1, 0.15) is 29.3 Å². The van der Waals surface area contributed by atoms with Crippen LogP contribution in [-0.4, -0.2) is 12.6 Å². The highest BCUT2D eigenvalue weighted by molar-refractivity contribution is 6.34. The van der Waals surface area contributed by atoms with Gasteiger partial charge < -0.3 is 10.5 Å². The molecule has 0 aliphatic heterocycles. The summed E-state index contributed by atoms with van der Waals surface area (Å²) in [6.07, 6.45) is 0.720. The average molecular weight is 239 g/mol. The van der Waals surface area contributed by atoms with Crippen molar-refractivity contribution in [2.24, 2.45) is 0 Å². The molecular weight excluding hydrogens is 228 g/mol. The molecule has 0 unspecified atom stereocenters. The van der Waals surface area contributed by atoms with Gasteiger partial charge in [0, 0.05) is 0 Å². The number of anilines is 1. The summed E-state index contributed by atoms with van der Waals surface area (Å²) in [5.74, 6) is -0.557. The van der Waals surface area contributed by atoms with Gasteiger partial charge in [-0.1, -0.05) is 18.5 Å². The second kappa shape index (κ2) is 5.38. The lowest BCUT2D eigenvalue weighted by Crippen LogP contribution is -2.09. The lowest BCUT2D eigenvalue weighted by Gasteiger charge is -2.07. The van der Waals surface area contributed by atoms with Crippen molar-refractivity contribution in [1.82, 2.24) is 0 Å². The lowest BCUT2D eigenvalue weighted by molar-refractivity contribution is 0.0506. The molecule has 84 valence electrons. The molecule has 0 heterocycles. The van der Waals surface area contributed by atoms with Gasteiger partial charge in [0.05, 0.1) is 34.5 Å². The minimum Gasteiger partial charge on any atom is -0.462 e. The van der Waals surface area contributed by atoms with E-state index in [1.54, 1.807) is 0 Å². The molecule has 0 saturated heterocycles. The third-order valence-corrected chi connectivity index (χ3v) is 2.23. The quantitative estimate of drug-likeness (QED) is 0.648. The van der Waals surface area contributed by atoms with Gasteiger partial charge in [0.1, 0.15) is 0 Å². The molecule has 0 spiro atoms. The van der Waals surface area contributed by atoms with Gasteiger partial charge >= 0.3 is 5.97 Å². The van der Waals surface area contributed by atoms with Crippen molar-refractivity contribution in [2.75, 3.05) is 12.3 Å². The Labute approximate surface area is 98.6 Å². The standard InChI is InChI=1S/C11H11ClN2O2/c1-2-3-16-11(15)8-4-7(6-13)5-9(12)10(8)14/h4-5H,2-3,14H2,1H3. The van der Waals surface area contributed by atoms with Gasteiger partial charge in [0.25, 0.3) is 0 Å². The molecule has 0 radical (unpaired) electrons. The second-order valence-electron chi connectivity index (χ2n) is 3.17. The topological polar surface area (TPSA) is 76.1 Å². The van der Waals surface area contributed by atoms with E-state index < -0.39 is 5.97 Å². The molecule has 0 amide bonds. The SMILES string of the molecule is CCCOC(=O)c1cc(C#N)cc(Cl)c1N. The number of esters is 1. The van der Waals surface area contributed by atoms with E-state index in [2.05, 4.69) is 0 Å². The maximum absolute atomic E-state index is 11.6. The molecule has 0 aliphatic carbocycles. The summed E-state index contributed by atoms with van der Waals surface area (Å²) in [7, 11) is 0. The minimum atomic E-state index is -0.557. The van der Waals surface area contributed by atoms with Crippen LogP contribution in [0.2, 0.25) is 5.02 Å². The van der Waals surface area contributed by atoms with Crippen LogP contribution < -0.4 is 5.73 Å². The Balaban J connectivity index is 3.08. The zero-order valence-corrected chi connectivity index (χ0v) is 9.54. The number of nitrogen functional groups attached to an aromatic ring is 1. The summed E-state index contributed by atoms with van der Waals surface area (Å²) in [6, 6.07) is 4.68. The van der Waals surface area contributed by atoms with Crippen LogP contribution in [-0.2, 0) is 4.74 Å². The number of nitrogens with zero attached hydrogens (tertiary/aromatic N) is 1. The Morgan fingerprint density at radius 2 is 2.31 bits per heavy atom. The Kier molecular flexibility index (Phi) is 4.15. The molecule has 0 fully saturated rings. The van der Waals surface area contributed by atoms with Crippen LogP contribution in [0, 0.1) is 11.3 Å². The summed E-state index contributed by atoms with van der Waals surface area (Å²) in [5.41, 5.74) is 6.19. The van der Waals surface area contributed by atoms with Crippen LogP contribution in [0.25, 0.3) is 0 Å². The van der Waals surface area contributed by atoms with Gasteiger partial charge in [0.2, 0.25) is 0 Å². The van der Waals surface area contributed by atoms with Gasteiger partial charge in [-0.25, -0.2) is 4.79 Å². The van der Waals surface area contributed by atoms with E-state index in [4.69, 9.17) is 27.3 Å². The van der Waals surface area contributed by atoms with E-state index in [1.165, 1.54) is 12.1 Å². The van der Waals surface area contributed by atoms with Crippen molar-refractivity contribution in [3.8, 4) is 6.07 Å². The van der Waals surface area contributed by atoms with Crippen molar-refractivity contribution in [2.45, 2.75) is 13.3 Å². The number of carbonyl (C=O) groups excluding carboxylic acids is 1. The first-order chi connectivity index (χ1) is 7.60. The van der Waals surface area contributed by atoms with Crippen LogP contribution in [0.5, 0.6) is 0 Å². The largest absolute Gasteiger partial charge is 0.462 e. The van der Waals surface area contributed by atoms with Gasteiger partial charge in [0.15, 0.2) is 0 Å². The monoisotopic (exact) mass is 238 g/mol. The number of ether oxygens (including phenoxy) is 1. The first kappa shape index (κ1) is 12.3. The maximum atomic E-state index is 11.6. The Hall–Kier alpha value is -1.73.